The Hall–Kier alpha value is -3.22. The number of ether oxygens (including phenoxy) is 1. The molecule has 150 valence electrons. The van der Waals surface area contributed by atoms with Crippen LogP contribution in [0.5, 0.6) is 5.75 Å². The van der Waals surface area contributed by atoms with Gasteiger partial charge in [0.25, 0.3) is 5.91 Å². The number of hydrogen-bond donors (Lipinski definition) is 1. The topological polar surface area (TPSA) is 69.0 Å². The molecule has 1 aliphatic rings. The van der Waals surface area contributed by atoms with Gasteiger partial charge in [0.15, 0.2) is 11.6 Å². The van der Waals surface area contributed by atoms with E-state index in [-0.39, 0.29) is 17.8 Å². The average molecular weight is 394 g/mol. The molecular formula is C22H23FN4O2. The predicted molar refractivity (Wildman–Crippen MR) is 107 cm³/mol. The number of fused-ring (bicyclic) bond motifs is 1. The number of carbonyl (C=O) groups is 1. The van der Waals surface area contributed by atoms with Crippen LogP contribution < -0.4 is 10.1 Å². The Balaban J connectivity index is 1.42. The van der Waals surface area contributed by atoms with E-state index in [0.29, 0.717) is 18.7 Å². The largest absolute Gasteiger partial charge is 0.485 e. The Bertz CT molecular complexity index is 1030. The molecule has 1 unspecified atom stereocenters. The number of nitrogens with one attached hydrogen (secondary N) is 1. The van der Waals surface area contributed by atoms with E-state index < -0.39 is 5.82 Å². The SMILES string of the molecule is CCCc1cc(C(=O)NCC2Cc3cc(-c4cccnc4)cc(F)c3O2)n(C)n1. The number of benzene rings is 1. The van der Waals surface area contributed by atoms with Crippen molar-refractivity contribution in [2.75, 3.05) is 6.54 Å². The van der Waals surface area contributed by atoms with Gasteiger partial charge in [0.05, 0.1) is 12.2 Å². The van der Waals surface area contributed by atoms with E-state index in [2.05, 4.69) is 22.3 Å². The molecule has 0 radical (unpaired) electrons. The molecule has 1 amide bonds. The Morgan fingerprint density at radius 3 is 2.97 bits per heavy atom. The smallest absolute Gasteiger partial charge is 0.269 e. The van der Waals surface area contributed by atoms with Gasteiger partial charge in [0.2, 0.25) is 0 Å². The monoisotopic (exact) mass is 394 g/mol. The molecule has 6 nitrogen and oxygen atoms in total. The molecule has 0 bridgehead atoms. The summed E-state index contributed by atoms with van der Waals surface area (Å²) in [6.07, 6.45) is 5.42. The Morgan fingerprint density at radius 1 is 1.34 bits per heavy atom. The van der Waals surface area contributed by atoms with Crippen LogP contribution in [0, 0.1) is 5.82 Å². The van der Waals surface area contributed by atoms with E-state index in [1.54, 1.807) is 24.1 Å². The fraction of sp³-hybridized carbons (Fsp3) is 0.318. The third-order valence-electron chi connectivity index (χ3n) is 5.01. The number of amides is 1. The summed E-state index contributed by atoms with van der Waals surface area (Å²) in [5.41, 5.74) is 3.82. The number of carbonyl (C=O) groups excluding carboxylic acids is 1. The molecule has 7 heteroatoms. The Labute approximate surface area is 168 Å². The van der Waals surface area contributed by atoms with E-state index in [1.807, 2.05) is 24.3 Å². The Kier molecular flexibility index (Phi) is 5.29. The van der Waals surface area contributed by atoms with Crippen LogP contribution in [0.4, 0.5) is 4.39 Å². The zero-order valence-corrected chi connectivity index (χ0v) is 16.5. The van der Waals surface area contributed by atoms with Gasteiger partial charge in [-0.05, 0) is 36.2 Å². The molecule has 4 rings (SSSR count). The van der Waals surface area contributed by atoms with E-state index in [0.717, 1.165) is 35.2 Å². The van der Waals surface area contributed by atoms with Crippen LogP contribution in [0.15, 0.2) is 42.7 Å². The van der Waals surface area contributed by atoms with Gasteiger partial charge in [-0.3, -0.25) is 14.5 Å². The standard InChI is InChI=1S/C22H23FN4O2/c1-3-5-17-11-20(27(2)26-17)22(28)25-13-18-9-16-8-15(10-19(23)21(16)29-18)14-6-4-7-24-12-14/h4,6-8,10-12,18H,3,5,9,13H2,1-2H3,(H,25,28). The van der Waals surface area contributed by atoms with Gasteiger partial charge in [-0.15, -0.1) is 0 Å². The first-order chi connectivity index (χ1) is 14.0. The molecule has 2 aromatic heterocycles. The van der Waals surface area contributed by atoms with Gasteiger partial charge in [-0.1, -0.05) is 19.4 Å². The summed E-state index contributed by atoms with van der Waals surface area (Å²) in [6.45, 7) is 2.37. The fourth-order valence-electron chi connectivity index (χ4n) is 3.62. The number of aryl methyl sites for hydroxylation is 2. The van der Waals surface area contributed by atoms with Gasteiger partial charge in [-0.2, -0.15) is 5.10 Å². The van der Waals surface area contributed by atoms with Crippen molar-refractivity contribution in [1.82, 2.24) is 20.1 Å². The quantitative estimate of drug-likeness (QED) is 0.697. The third-order valence-corrected chi connectivity index (χ3v) is 5.01. The van der Waals surface area contributed by atoms with Crippen LogP contribution in [0.1, 0.15) is 35.1 Å². The number of rotatable bonds is 6. The molecule has 0 spiro atoms. The normalized spacial score (nSPS) is 15.1. The highest BCUT2D eigenvalue weighted by molar-refractivity contribution is 5.92. The number of pyridine rings is 1. The van der Waals surface area contributed by atoms with Crippen LogP contribution in [-0.2, 0) is 19.9 Å². The first-order valence-electron chi connectivity index (χ1n) is 9.75. The second kappa shape index (κ2) is 8.03. The second-order valence-electron chi connectivity index (χ2n) is 7.24. The highest BCUT2D eigenvalue weighted by atomic mass is 19.1. The van der Waals surface area contributed by atoms with Crippen molar-refractivity contribution < 1.29 is 13.9 Å². The van der Waals surface area contributed by atoms with Crippen molar-refractivity contribution in [3.63, 3.8) is 0 Å². The first kappa shape index (κ1) is 19.1. The summed E-state index contributed by atoms with van der Waals surface area (Å²) in [6, 6.07) is 8.90. The summed E-state index contributed by atoms with van der Waals surface area (Å²) in [7, 11) is 1.76. The summed E-state index contributed by atoms with van der Waals surface area (Å²) < 4.78 is 21.9. The molecule has 1 N–H and O–H groups in total. The molecule has 3 aromatic rings. The zero-order valence-electron chi connectivity index (χ0n) is 16.5. The van der Waals surface area contributed by atoms with E-state index in [4.69, 9.17) is 4.74 Å². The summed E-state index contributed by atoms with van der Waals surface area (Å²) in [5.74, 6) is -0.341. The van der Waals surface area contributed by atoms with Gasteiger partial charge in [-0.25, -0.2) is 4.39 Å². The summed E-state index contributed by atoms with van der Waals surface area (Å²) in [5, 5.41) is 7.23. The first-order valence-corrected chi connectivity index (χ1v) is 9.75. The second-order valence-corrected chi connectivity index (χ2v) is 7.24. The highest BCUT2D eigenvalue weighted by Crippen LogP contribution is 2.35. The fourth-order valence-corrected chi connectivity index (χ4v) is 3.62. The number of nitrogens with zero attached hydrogens (tertiary/aromatic N) is 3. The maximum atomic E-state index is 14.6. The molecule has 29 heavy (non-hydrogen) atoms. The van der Waals surface area contributed by atoms with Crippen LogP contribution in [-0.4, -0.2) is 33.3 Å². The molecule has 1 atom stereocenters. The zero-order chi connectivity index (χ0) is 20.4. The molecule has 0 saturated carbocycles. The van der Waals surface area contributed by atoms with E-state index >= 15 is 0 Å². The summed E-state index contributed by atoms with van der Waals surface area (Å²) in [4.78, 5) is 16.6. The molecule has 1 aliphatic heterocycles. The van der Waals surface area contributed by atoms with Gasteiger partial charge < -0.3 is 10.1 Å². The van der Waals surface area contributed by atoms with Gasteiger partial charge in [0, 0.05) is 37.0 Å². The molecule has 0 aliphatic carbocycles. The van der Waals surface area contributed by atoms with Crippen molar-refractivity contribution in [2.45, 2.75) is 32.3 Å². The minimum absolute atomic E-state index is 0.210. The third kappa shape index (κ3) is 3.99. The van der Waals surface area contributed by atoms with Crippen LogP contribution in [0.3, 0.4) is 0 Å². The average Bonchev–Trinajstić information content (AvgIpc) is 3.30. The van der Waals surface area contributed by atoms with Crippen LogP contribution >= 0.6 is 0 Å². The number of aromatic nitrogens is 3. The van der Waals surface area contributed by atoms with Crippen molar-refractivity contribution >= 4 is 5.91 Å². The van der Waals surface area contributed by atoms with Gasteiger partial charge in [0.1, 0.15) is 11.8 Å². The molecule has 1 aromatic carbocycles. The van der Waals surface area contributed by atoms with Gasteiger partial charge >= 0.3 is 0 Å². The lowest BCUT2D eigenvalue weighted by molar-refractivity contribution is 0.0923. The number of hydrogen-bond acceptors (Lipinski definition) is 4. The molecule has 0 saturated heterocycles. The van der Waals surface area contributed by atoms with Crippen molar-refractivity contribution in [3.8, 4) is 16.9 Å². The summed E-state index contributed by atoms with van der Waals surface area (Å²) >= 11 is 0. The highest BCUT2D eigenvalue weighted by Gasteiger charge is 2.27. The molecular weight excluding hydrogens is 371 g/mol. The maximum Gasteiger partial charge on any atom is 0.269 e. The lowest BCUT2D eigenvalue weighted by atomic mass is 10.0. The number of halogens is 1. The Morgan fingerprint density at radius 2 is 2.21 bits per heavy atom. The van der Waals surface area contributed by atoms with Crippen molar-refractivity contribution in [3.05, 3.63) is 65.5 Å². The van der Waals surface area contributed by atoms with E-state index in [1.165, 1.54) is 6.07 Å². The van der Waals surface area contributed by atoms with Crippen LogP contribution in [0.25, 0.3) is 11.1 Å². The van der Waals surface area contributed by atoms with Crippen molar-refractivity contribution in [2.24, 2.45) is 7.05 Å². The lowest BCUT2D eigenvalue weighted by Gasteiger charge is -2.12. The molecule has 3 heterocycles. The van der Waals surface area contributed by atoms with Crippen LogP contribution in [0.2, 0.25) is 0 Å². The minimum atomic E-state index is -0.397. The van der Waals surface area contributed by atoms with E-state index in [9.17, 15) is 9.18 Å². The van der Waals surface area contributed by atoms with Crippen molar-refractivity contribution in [1.29, 1.82) is 0 Å². The minimum Gasteiger partial charge on any atom is -0.485 e. The predicted octanol–water partition coefficient (Wildman–Crippen LogP) is 3.31. The maximum absolute atomic E-state index is 14.6. The lowest BCUT2D eigenvalue weighted by Crippen LogP contribution is -2.35. The molecule has 0 fully saturated rings.